The Morgan fingerprint density at radius 3 is 0.889 bits per heavy atom. The molecule has 8 aromatic carbocycles. The second kappa shape index (κ2) is 47.7. The number of benzene rings is 8. The molecule has 0 spiro atoms. The molecule has 4 aliphatic rings. The standard InChI is InChI=1S/C20H23NO2.C19H21NO2.C15H17NO3.C15H19NO2.C14H15NO3.C14H17NO2/c1-15-5-7-17(8-6-15)4-3-13-21-20(23)12-10-18-9-11-19(22)16(2)14-18;1-14-3-5-16(6-4-14)11-12-20-19(22)10-8-17-7-9-18(21)15(2)13-17;1-11-10-12(5-7-13(11)17)6-8-15(19)16-9-3-2-4-14(16)18;1-12-11-13(5-7-14(12)17)6-8-15(18)16-9-3-2-4-10-16;1-10-9-11(4-6-12(10)16)5-7-14(18)15-8-2-3-13(15)17;1-11-10-12(4-6-13(11)16)5-7-14(17)15-8-2-3-9-15/h5-12,14,22H,3-4,13H2,1-2H3,(H,21,23);3-10,13,21H,11-12H2,1-2H3,(H,20,22);5-8,10,17H,2-4,9H2,1H3;5-8,11,17H,2-4,9-10H2,1H3;4-7,9,16H,2-3,8H2,1H3;4-7,10,16H,2-3,8-9H2,1H3/b12-10+;10-8+;2*8-6+;2*7-5+. The summed E-state index contributed by atoms with van der Waals surface area (Å²) in [5.74, 6) is 0.770. The molecule has 0 radical (unpaired) electrons. The minimum Gasteiger partial charge on any atom is -0.508 e. The van der Waals surface area contributed by atoms with E-state index in [1.54, 1.807) is 135 Å². The molecule has 0 aliphatic carbocycles. The number of aromatic hydroxyl groups is 6. The first-order valence-corrected chi connectivity index (χ1v) is 39.9. The zero-order valence-corrected chi connectivity index (χ0v) is 68.5. The second-order valence-electron chi connectivity index (χ2n) is 29.4. The maximum absolute atomic E-state index is 11.9. The maximum Gasteiger partial charge on any atom is 0.253 e. The van der Waals surface area contributed by atoms with Gasteiger partial charge < -0.3 is 51.1 Å². The minimum absolute atomic E-state index is 0.0771. The summed E-state index contributed by atoms with van der Waals surface area (Å²) in [4.78, 5) is 100. The van der Waals surface area contributed by atoms with Crippen LogP contribution in [0.15, 0.2) is 194 Å². The fourth-order valence-corrected chi connectivity index (χ4v) is 12.5. The van der Waals surface area contributed by atoms with Gasteiger partial charge in [0, 0.05) is 102 Å². The van der Waals surface area contributed by atoms with E-state index >= 15 is 0 Å². The fourth-order valence-electron chi connectivity index (χ4n) is 12.5. The van der Waals surface area contributed by atoms with E-state index in [2.05, 4.69) is 73.0 Å². The Morgan fingerprint density at radius 1 is 0.308 bits per heavy atom. The molecule has 614 valence electrons. The van der Waals surface area contributed by atoms with E-state index in [4.69, 9.17) is 0 Å². The number of phenolic OH excluding ortho intramolecular Hbond substituents is 6. The predicted octanol–water partition coefficient (Wildman–Crippen LogP) is 16.3. The zero-order valence-electron chi connectivity index (χ0n) is 68.5. The number of likely N-dealkylation sites (tertiary alicyclic amines) is 4. The van der Waals surface area contributed by atoms with Crippen LogP contribution in [-0.2, 0) is 51.2 Å². The van der Waals surface area contributed by atoms with Gasteiger partial charge in [-0.3, -0.25) is 48.2 Å². The SMILES string of the molecule is Cc1cc(/C=C/C(=O)N2CCCC2)ccc1O.Cc1cc(/C=C/C(=O)N2CCCC2=O)ccc1O.Cc1cc(/C=C/C(=O)N2CCCCC2)ccc1O.Cc1cc(/C=C/C(=O)N2CCCCC2=O)ccc1O.Cc1ccc(CCCNC(=O)/C=C/c2ccc(O)c(C)c2)cc1.Cc1ccc(CCNC(=O)/C=C/c2ccc(O)c(C)c2)cc1. The molecule has 0 aromatic heterocycles. The van der Waals surface area contributed by atoms with Crippen LogP contribution in [0.4, 0.5) is 0 Å². The van der Waals surface area contributed by atoms with Crippen molar-refractivity contribution in [2.75, 3.05) is 52.4 Å². The molecule has 8 aromatic rings. The fraction of sp³-hybridized carbons (Fsp3) is 0.299. The van der Waals surface area contributed by atoms with Crippen LogP contribution >= 0.6 is 0 Å². The van der Waals surface area contributed by atoms with Crippen LogP contribution in [0.5, 0.6) is 34.5 Å². The lowest BCUT2D eigenvalue weighted by molar-refractivity contribution is -0.144. The van der Waals surface area contributed by atoms with Crippen LogP contribution in [0.1, 0.15) is 160 Å². The number of phenols is 6. The van der Waals surface area contributed by atoms with Gasteiger partial charge >= 0.3 is 0 Å². The summed E-state index contributed by atoms with van der Waals surface area (Å²) in [5, 5.41) is 62.3. The van der Waals surface area contributed by atoms with E-state index in [1.165, 1.54) is 62.8 Å². The Kier molecular flexibility index (Phi) is 37.3. The van der Waals surface area contributed by atoms with E-state index in [9.17, 15) is 69.0 Å². The topological polar surface area (TPSA) is 295 Å². The van der Waals surface area contributed by atoms with Crippen molar-refractivity contribution in [2.24, 2.45) is 0 Å². The molecule has 0 unspecified atom stereocenters. The van der Waals surface area contributed by atoms with Crippen molar-refractivity contribution in [3.05, 3.63) is 283 Å². The van der Waals surface area contributed by atoms with Crippen LogP contribution in [0.2, 0.25) is 0 Å². The normalized spacial score (nSPS) is 13.9. The number of nitrogens with zero attached hydrogens (tertiary/aromatic N) is 4. The quantitative estimate of drug-likeness (QED) is 0.0276. The van der Waals surface area contributed by atoms with Crippen LogP contribution in [-0.4, -0.2) is 150 Å². The highest BCUT2D eigenvalue weighted by Crippen LogP contribution is 2.25. The number of hydrogen-bond donors (Lipinski definition) is 8. The lowest BCUT2D eigenvalue weighted by Crippen LogP contribution is -2.39. The van der Waals surface area contributed by atoms with Gasteiger partial charge in [-0.25, -0.2) is 0 Å². The van der Waals surface area contributed by atoms with Gasteiger partial charge in [-0.05, 0) is 313 Å². The number of carbonyl (C=O) groups excluding carboxylic acids is 8. The number of imide groups is 2. The highest BCUT2D eigenvalue weighted by molar-refractivity contribution is 6.04. The number of nitrogens with one attached hydrogen (secondary N) is 2. The monoisotopic (exact) mass is 1580 g/mol. The molecule has 20 heteroatoms. The van der Waals surface area contributed by atoms with Crippen molar-refractivity contribution in [1.82, 2.24) is 30.2 Å². The first-order chi connectivity index (χ1) is 56.1. The van der Waals surface area contributed by atoms with E-state index in [-0.39, 0.29) is 81.8 Å². The van der Waals surface area contributed by atoms with Crippen LogP contribution in [0.25, 0.3) is 36.5 Å². The smallest absolute Gasteiger partial charge is 0.253 e. The summed E-state index contributed by atoms with van der Waals surface area (Å²) in [7, 11) is 0. The molecular weight excluding hydrogens is 1470 g/mol. The Bertz CT molecular complexity index is 4890. The largest absolute Gasteiger partial charge is 0.508 e. The molecule has 20 nitrogen and oxygen atoms in total. The van der Waals surface area contributed by atoms with Crippen LogP contribution < -0.4 is 10.6 Å². The van der Waals surface area contributed by atoms with E-state index < -0.39 is 0 Å². The number of hydrogen-bond acceptors (Lipinski definition) is 14. The number of aryl methyl sites for hydroxylation is 9. The highest BCUT2D eigenvalue weighted by atomic mass is 16.3. The van der Waals surface area contributed by atoms with Crippen LogP contribution in [0.3, 0.4) is 0 Å². The summed E-state index contributed by atoms with van der Waals surface area (Å²) in [6, 6.07) is 48.1. The minimum atomic E-state index is -0.275. The summed E-state index contributed by atoms with van der Waals surface area (Å²) < 4.78 is 0. The van der Waals surface area contributed by atoms with Crippen LogP contribution in [0, 0.1) is 55.4 Å². The van der Waals surface area contributed by atoms with E-state index in [0.29, 0.717) is 39.0 Å². The number of rotatable bonds is 19. The lowest BCUT2D eigenvalue weighted by atomic mass is 10.1. The molecule has 4 heterocycles. The Balaban J connectivity index is 0.000000195. The van der Waals surface area contributed by atoms with Crippen molar-refractivity contribution < 1.29 is 69.0 Å². The van der Waals surface area contributed by atoms with Gasteiger partial charge in [0.05, 0.1) is 0 Å². The van der Waals surface area contributed by atoms with Gasteiger partial charge in [0.15, 0.2) is 0 Å². The molecule has 12 rings (SSSR count). The summed E-state index contributed by atoms with van der Waals surface area (Å²) in [6.07, 6.45) is 31.3. The molecule has 0 bridgehead atoms. The first-order valence-electron chi connectivity index (χ1n) is 39.9. The average molecular weight is 1590 g/mol. The third kappa shape index (κ3) is 32.5. The number of amides is 8. The molecule has 4 fully saturated rings. The van der Waals surface area contributed by atoms with Gasteiger partial charge in [-0.15, -0.1) is 0 Å². The predicted molar refractivity (Wildman–Crippen MR) is 464 cm³/mol. The van der Waals surface area contributed by atoms with Gasteiger partial charge in [-0.2, -0.15) is 0 Å². The second-order valence-corrected chi connectivity index (χ2v) is 29.4. The average Bonchev–Trinajstić information content (AvgIpc) is 1.85. The Labute approximate surface area is 688 Å². The van der Waals surface area contributed by atoms with Crippen molar-refractivity contribution in [3.63, 3.8) is 0 Å². The van der Waals surface area contributed by atoms with Gasteiger partial charge in [0.2, 0.25) is 35.4 Å². The molecule has 0 atom stereocenters. The zero-order chi connectivity index (χ0) is 84.8. The van der Waals surface area contributed by atoms with Crippen molar-refractivity contribution in [3.8, 4) is 34.5 Å². The van der Waals surface area contributed by atoms with Gasteiger partial charge in [0.1, 0.15) is 34.5 Å². The molecular formula is C97H112N6O14. The number of piperidine rings is 2. The van der Waals surface area contributed by atoms with Crippen molar-refractivity contribution >= 4 is 83.7 Å². The molecule has 8 N–H and O–H groups in total. The third-order valence-electron chi connectivity index (χ3n) is 19.8. The summed E-state index contributed by atoms with van der Waals surface area (Å²) in [6.45, 7) is 20.8. The summed E-state index contributed by atoms with van der Waals surface area (Å²) >= 11 is 0. The molecule has 4 saturated heterocycles. The molecule has 4 aliphatic heterocycles. The summed E-state index contributed by atoms with van der Waals surface area (Å²) in [5.41, 5.74) is 15.1. The first kappa shape index (κ1) is 91.3. The molecule has 117 heavy (non-hydrogen) atoms. The number of carbonyl (C=O) groups is 8. The van der Waals surface area contributed by atoms with Gasteiger partial charge in [-0.1, -0.05) is 96.1 Å². The Hall–Kier alpha value is -12.8. The van der Waals surface area contributed by atoms with E-state index in [1.807, 2.05) is 73.9 Å². The van der Waals surface area contributed by atoms with Gasteiger partial charge in [0.25, 0.3) is 11.8 Å². The van der Waals surface area contributed by atoms with E-state index in [0.717, 1.165) is 157 Å². The third-order valence-corrected chi connectivity index (χ3v) is 19.8. The van der Waals surface area contributed by atoms with Crippen molar-refractivity contribution in [1.29, 1.82) is 0 Å². The highest BCUT2D eigenvalue weighted by Gasteiger charge is 2.25. The lowest BCUT2D eigenvalue weighted by Gasteiger charge is -2.25. The molecule has 0 saturated carbocycles. The Morgan fingerprint density at radius 2 is 0.581 bits per heavy atom. The van der Waals surface area contributed by atoms with Crippen molar-refractivity contribution in [2.45, 2.75) is 139 Å². The molecule has 8 amide bonds. The maximum atomic E-state index is 11.9.